The van der Waals surface area contributed by atoms with Crippen LogP contribution in [0.3, 0.4) is 0 Å². The van der Waals surface area contributed by atoms with Crippen LogP contribution in [0.15, 0.2) is 24.3 Å². The summed E-state index contributed by atoms with van der Waals surface area (Å²) in [6.07, 6.45) is 0. The number of carbonyl (C=O) groups is 1. The molecule has 0 aliphatic carbocycles. The van der Waals surface area contributed by atoms with Crippen LogP contribution in [0.4, 0.5) is 0 Å². The lowest BCUT2D eigenvalue weighted by atomic mass is 10.1. The summed E-state index contributed by atoms with van der Waals surface area (Å²) < 4.78 is 5.63. The maximum atomic E-state index is 12.1. The van der Waals surface area contributed by atoms with Gasteiger partial charge in [0.2, 0.25) is 5.78 Å². The van der Waals surface area contributed by atoms with E-state index in [-0.39, 0.29) is 12.4 Å². The van der Waals surface area contributed by atoms with Gasteiger partial charge in [-0.05, 0) is 45.4 Å². The van der Waals surface area contributed by atoms with Crippen molar-refractivity contribution in [2.45, 2.75) is 27.7 Å². The first kappa shape index (κ1) is 13.8. The van der Waals surface area contributed by atoms with Gasteiger partial charge in [0.1, 0.15) is 5.75 Å². The zero-order valence-electron chi connectivity index (χ0n) is 11.7. The lowest BCUT2D eigenvalue weighted by molar-refractivity contribution is 0.0921. The molecule has 2 aromatic rings. The third kappa shape index (κ3) is 3.24. The fraction of sp³-hybridized carbons (Fsp3) is 0.312. The van der Waals surface area contributed by atoms with Crippen LogP contribution in [0.2, 0.25) is 0 Å². The number of ketones is 1. The molecule has 2 nitrogen and oxygen atoms in total. The SMILES string of the molecule is Cc1ccc(OCC(=O)c2cc(C)sc2C)c(C)c1. The maximum absolute atomic E-state index is 12.1. The minimum absolute atomic E-state index is 0.0434. The van der Waals surface area contributed by atoms with E-state index in [1.54, 1.807) is 11.3 Å². The predicted octanol–water partition coefficient (Wildman–Crippen LogP) is 4.24. The van der Waals surface area contributed by atoms with Gasteiger partial charge in [0.25, 0.3) is 0 Å². The molecule has 0 aliphatic heterocycles. The van der Waals surface area contributed by atoms with Crippen molar-refractivity contribution >= 4 is 17.1 Å². The van der Waals surface area contributed by atoms with Gasteiger partial charge in [-0.3, -0.25) is 4.79 Å². The van der Waals surface area contributed by atoms with Crippen molar-refractivity contribution in [3.63, 3.8) is 0 Å². The molecule has 0 amide bonds. The van der Waals surface area contributed by atoms with Crippen molar-refractivity contribution in [1.82, 2.24) is 0 Å². The zero-order chi connectivity index (χ0) is 14.0. The molecule has 0 aliphatic rings. The smallest absolute Gasteiger partial charge is 0.201 e. The highest BCUT2D eigenvalue weighted by Gasteiger charge is 2.13. The summed E-state index contributed by atoms with van der Waals surface area (Å²) in [5, 5.41) is 0. The molecule has 2 rings (SSSR count). The number of carbonyl (C=O) groups excluding carboxylic acids is 1. The molecule has 1 aromatic carbocycles. The van der Waals surface area contributed by atoms with E-state index in [0.29, 0.717) is 0 Å². The number of rotatable bonds is 4. The summed E-state index contributed by atoms with van der Waals surface area (Å²) in [4.78, 5) is 14.3. The Labute approximate surface area is 118 Å². The second-order valence-corrected chi connectivity index (χ2v) is 6.27. The van der Waals surface area contributed by atoms with E-state index in [1.807, 2.05) is 45.9 Å². The first-order valence-corrected chi connectivity index (χ1v) is 7.09. The van der Waals surface area contributed by atoms with Crippen LogP contribution in [-0.2, 0) is 0 Å². The van der Waals surface area contributed by atoms with E-state index >= 15 is 0 Å². The highest BCUT2D eigenvalue weighted by Crippen LogP contribution is 2.22. The van der Waals surface area contributed by atoms with Gasteiger partial charge in [-0.1, -0.05) is 17.7 Å². The minimum atomic E-state index is 0.0434. The highest BCUT2D eigenvalue weighted by molar-refractivity contribution is 7.12. The molecule has 0 saturated heterocycles. The zero-order valence-corrected chi connectivity index (χ0v) is 12.6. The summed E-state index contributed by atoms with van der Waals surface area (Å²) in [6.45, 7) is 8.12. The predicted molar refractivity (Wildman–Crippen MR) is 79.5 cm³/mol. The van der Waals surface area contributed by atoms with E-state index < -0.39 is 0 Å². The van der Waals surface area contributed by atoms with Crippen LogP contribution in [0, 0.1) is 27.7 Å². The normalized spacial score (nSPS) is 10.5. The highest BCUT2D eigenvalue weighted by atomic mass is 32.1. The van der Waals surface area contributed by atoms with Crippen LogP contribution in [-0.4, -0.2) is 12.4 Å². The van der Waals surface area contributed by atoms with E-state index in [2.05, 4.69) is 6.07 Å². The number of hydrogen-bond donors (Lipinski definition) is 0. The average molecular weight is 274 g/mol. The van der Waals surface area contributed by atoms with Crippen LogP contribution in [0.1, 0.15) is 31.2 Å². The quantitative estimate of drug-likeness (QED) is 0.779. The number of benzene rings is 1. The molecule has 0 N–H and O–H groups in total. The fourth-order valence-electron chi connectivity index (χ4n) is 2.09. The molecule has 0 radical (unpaired) electrons. The Kier molecular flexibility index (Phi) is 4.05. The van der Waals surface area contributed by atoms with Crippen LogP contribution in [0.25, 0.3) is 0 Å². The van der Waals surface area contributed by atoms with Gasteiger partial charge in [-0.2, -0.15) is 0 Å². The molecule has 0 bridgehead atoms. The molecule has 100 valence electrons. The van der Waals surface area contributed by atoms with E-state index in [9.17, 15) is 4.79 Å². The van der Waals surface area contributed by atoms with Gasteiger partial charge in [-0.25, -0.2) is 0 Å². The first-order valence-electron chi connectivity index (χ1n) is 6.27. The molecule has 0 saturated carbocycles. The molecule has 0 atom stereocenters. The third-order valence-corrected chi connectivity index (χ3v) is 4.00. The lowest BCUT2D eigenvalue weighted by Gasteiger charge is -2.09. The van der Waals surface area contributed by atoms with Gasteiger partial charge < -0.3 is 4.74 Å². The van der Waals surface area contributed by atoms with Crippen molar-refractivity contribution in [2.24, 2.45) is 0 Å². The molecule has 19 heavy (non-hydrogen) atoms. The second-order valence-electron chi connectivity index (χ2n) is 4.81. The number of hydrogen-bond acceptors (Lipinski definition) is 3. The Morgan fingerprint density at radius 1 is 1.16 bits per heavy atom. The van der Waals surface area contributed by atoms with E-state index in [0.717, 1.165) is 26.6 Å². The van der Waals surface area contributed by atoms with Gasteiger partial charge in [0.05, 0.1) is 0 Å². The molecular formula is C16H18O2S. The number of thiophene rings is 1. The number of Topliss-reactive ketones (excluding diaryl/α,β-unsaturated/α-hetero) is 1. The first-order chi connectivity index (χ1) is 8.97. The van der Waals surface area contributed by atoms with Crippen molar-refractivity contribution in [1.29, 1.82) is 0 Å². The largest absolute Gasteiger partial charge is 0.485 e. The standard InChI is InChI=1S/C16H18O2S/c1-10-5-6-16(11(2)7-10)18-9-15(17)14-8-12(3)19-13(14)4/h5-8H,9H2,1-4H3. The summed E-state index contributed by atoms with van der Waals surface area (Å²) in [7, 11) is 0. The Balaban J connectivity index is 2.06. The Bertz CT molecular complexity index is 611. The van der Waals surface area contributed by atoms with Crippen molar-refractivity contribution in [3.05, 3.63) is 50.7 Å². The van der Waals surface area contributed by atoms with Crippen molar-refractivity contribution in [3.8, 4) is 5.75 Å². The van der Waals surface area contributed by atoms with E-state index in [4.69, 9.17) is 4.74 Å². The lowest BCUT2D eigenvalue weighted by Crippen LogP contribution is -2.12. The fourth-order valence-corrected chi connectivity index (χ4v) is 3.03. The monoisotopic (exact) mass is 274 g/mol. The Hall–Kier alpha value is -1.61. The van der Waals surface area contributed by atoms with Gasteiger partial charge >= 0.3 is 0 Å². The van der Waals surface area contributed by atoms with Gasteiger partial charge in [0, 0.05) is 15.3 Å². The summed E-state index contributed by atoms with van der Waals surface area (Å²) in [5.41, 5.74) is 3.04. The third-order valence-electron chi connectivity index (χ3n) is 3.03. The summed E-state index contributed by atoms with van der Waals surface area (Å²) in [6, 6.07) is 7.91. The molecule has 0 unspecified atom stereocenters. The van der Waals surface area contributed by atoms with Crippen molar-refractivity contribution in [2.75, 3.05) is 6.61 Å². The summed E-state index contributed by atoms with van der Waals surface area (Å²) in [5.74, 6) is 0.824. The van der Waals surface area contributed by atoms with Crippen LogP contribution < -0.4 is 4.74 Å². The minimum Gasteiger partial charge on any atom is -0.485 e. The molecule has 0 fully saturated rings. The Morgan fingerprint density at radius 3 is 2.47 bits per heavy atom. The Morgan fingerprint density at radius 2 is 1.89 bits per heavy atom. The maximum Gasteiger partial charge on any atom is 0.201 e. The average Bonchev–Trinajstić information content (AvgIpc) is 2.67. The molecule has 1 heterocycles. The number of aryl methyl sites for hydroxylation is 4. The summed E-state index contributed by atoms with van der Waals surface area (Å²) >= 11 is 1.65. The topological polar surface area (TPSA) is 26.3 Å². The molecule has 3 heteroatoms. The van der Waals surface area contributed by atoms with Crippen LogP contribution in [0.5, 0.6) is 5.75 Å². The second kappa shape index (κ2) is 5.57. The van der Waals surface area contributed by atoms with Crippen LogP contribution >= 0.6 is 11.3 Å². The number of ether oxygens (including phenoxy) is 1. The molecule has 1 aromatic heterocycles. The van der Waals surface area contributed by atoms with Crippen molar-refractivity contribution < 1.29 is 9.53 Å². The van der Waals surface area contributed by atoms with Gasteiger partial charge in [-0.15, -0.1) is 11.3 Å². The molecular weight excluding hydrogens is 256 g/mol. The van der Waals surface area contributed by atoms with E-state index in [1.165, 1.54) is 5.56 Å². The van der Waals surface area contributed by atoms with Gasteiger partial charge in [0.15, 0.2) is 6.61 Å². The molecule has 0 spiro atoms.